The van der Waals surface area contributed by atoms with E-state index in [1.807, 2.05) is 14.1 Å². The summed E-state index contributed by atoms with van der Waals surface area (Å²) in [5.41, 5.74) is 0. The van der Waals surface area contributed by atoms with Gasteiger partial charge in [0, 0.05) is 5.02 Å². The van der Waals surface area contributed by atoms with Crippen LogP contribution in [-0.4, -0.2) is 31.3 Å². The fourth-order valence-electron chi connectivity index (χ4n) is 0.768. The molecular formula is C11H16ClNO3. The van der Waals surface area contributed by atoms with Crippen LogP contribution in [0.25, 0.3) is 0 Å². The van der Waals surface area contributed by atoms with Crippen molar-refractivity contribution in [3.8, 4) is 5.75 Å². The monoisotopic (exact) mass is 245 g/mol. The largest absolute Gasteiger partial charge is 0.479 e. The van der Waals surface area contributed by atoms with Gasteiger partial charge in [-0.15, -0.1) is 0 Å². The Hall–Kier alpha value is -1.26. The van der Waals surface area contributed by atoms with Crippen LogP contribution in [0.3, 0.4) is 0 Å². The Bertz CT molecular complexity index is 314. The van der Waals surface area contributed by atoms with Gasteiger partial charge in [-0.05, 0) is 45.3 Å². The fraction of sp³-hybridized carbons (Fsp3) is 0.364. The molecule has 0 amide bonds. The van der Waals surface area contributed by atoms with Gasteiger partial charge in [0.15, 0.2) is 6.10 Å². The molecule has 1 unspecified atom stereocenters. The summed E-state index contributed by atoms with van der Waals surface area (Å²) < 4.78 is 5.07. The molecule has 0 fully saturated rings. The minimum atomic E-state index is -0.991. The van der Waals surface area contributed by atoms with Crippen molar-refractivity contribution < 1.29 is 14.6 Å². The molecule has 1 rings (SSSR count). The average Bonchev–Trinajstić information content (AvgIpc) is 2.22. The number of hydrogen-bond donors (Lipinski definition) is 2. The summed E-state index contributed by atoms with van der Waals surface area (Å²) in [5.74, 6) is -0.491. The minimum Gasteiger partial charge on any atom is -0.479 e. The quantitative estimate of drug-likeness (QED) is 0.856. The van der Waals surface area contributed by atoms with Crippen molar-refractivity contribution in [3.05, 3.63) is 29.3 Å². The Morgan fingerprint density at radius 3 is 2.19 bits per heavy atom. The highest BCUT2D eigenvalue weighted by atomic mass is 35.5. The molecule has 2 N–H and O–H groups in total. The molecule has 0 aliphatic heterocycles. The molecule has 90 valence electrons. The third-order valence-corrected chi connectivity index (χ3v) is 1.73. The summed E-state index contributed by atoms with van der Waals surface area (Å²) in [6.45, 7) is 1.47. The van der Waals surface area contributed by atoms with E-state index in [1.54, 1.807) is 24.3 Å². The maximum Gasteiger partial charge on any atom is 0.344 e. The Morgan fingerprint density at radius 1 is 1.38 bits per heavy atom. The van der Waals surface area contributed by atoms with Crippen LogP contribution in [-0.2, 0) is 4.79 Å². The van der Waals surface area contributed by atoms with Crippen molar-refractivity contribution in [2.45, 2.75) is 13.0 Å². The van der Waals surface area contributed by atoms with Gasteiger partial charge in [0.05, 0.1) is 0 Å². The van der Waals surface area contributed by atoms with Crippen LogP contribution in [0.5, 0.6) is 5.75 Å². The van der Waals surface area contributed by atoms with Crippen molar-refractivity contribution in [1.29, 1.82) is 0 Å². The van der Waals surface area contributed by atoms with Crippen LogP contribution >= 0.6 is 11.6 Å². The predicted octanol–water partition coefficient (Wildman–Crippen LogP) is 2.03. The highest BCUT2D eigenvalue weighted by Gasteiger charge is 2.11. The zero-order valence-electron chi connectivity index (χ0n) is 9.53. The van der Waals surface area contributed by atoms with Crippen molar-refractivity contribution in [2.75, 3.05) is 14.1 Å². The number of carboxylic acid groups (broad SMARTS) is 1. The van der Waals surface area contributed by atoms with Crippen LogP contribution in [0.2, 0.25) is 5.02 Å². The number of carbonyl (C=O) groups is 1. The lowest BCUT2D eigenvalue weighted by atomic mass is 10.3. The molecule has 0 heterocycles. The first-order valence-electron chi connectivity index (χ1n) is 4.74. The highest BCUT2D eigenvalue weighted by molar-refractivity contribution is 6.30. The first kappa shape index (κ1) is 14.7. The molecule has 0 radical (unpaired) electrons. The lowest BCUT2D eigenvalue weighted by Crippen LogP contribution is -2.22. The van der Waals surface area contributed by atoms with Crippen LogP contribution in [0.1, 0.15) is 6.92 Å². The molecule has 5 heteroatoms. The van der Waals surface area contributed by atoms with Crippen LogP contribution in [0.4, 0.5) is 0 Å². The van der Waals surface area contributed by atoms with Crippen molar-refractivity contribution in [3.63, 3.8) is 0 Å². The van der Waals surface area contributed by atoms with Crippen molar-refractivity contribution in [2.24, 2.45) is 0 Å². The van der Waals surface area contributed by atoms with E-state index in [9.17, 15) is 4.79 Å². The van der Waals surface area contributed by atoms with Crippen LogP contribution < -0.4 is 10.1 Å². The lowest BCUT2D eigenvalue weighted by Gasteiger charge is -2.09. The molecular weight excluding hydrogens is 230 g/mol. The summed E-state index contributed by atoms with van der Waals surface area (Å²) >= 11 is 5.64. The Labute approximate surface area is 100 Å². The first-order chi connectivity index (χ1) is 7.51. The number of carboxylic acids is 1. The molecule has 1 aromatic rings. The highest BCUT2D eigenvalue weighted by Crippen LogP contribution is 2.16. The van der Waals surface area contributed by atoms with E-state index in [0.717, 1.165) is 0 Å². The minimum absolute atomic E-state index is 0.499. The number of rotatable bonds is 3. The van der Waals surface area contributed by atoms with Gasteiger partial charge < -0.3 is 15.2 Å². The predicted molar refractivity (Wildman–Crippen MR) is 64.2 cm³/mol. The Kier molecular flexibility index (Phi) is 7.33. The molecule has 0 aliphatic carbocycles. The Morgan fingerprint density at radius 2 is 1.81 bits per heavy atom. The lowest BCUT2D eigenvalue weighted by molar-refractivity contribution is -0.144. The van der Waals surface area contributed by atoms with Gasteiger partial charge in [-0.2, -0.15) is 0 Å². The summed E-state index contributed by atoms with van der Waals surface area (Å²) in [5, 5.41) is 11.9. The van der Waals surface area contributed by atoms with Crippen LogP contribution in [0.15, 0.2) is 24.3 Å². The van der Waals surface area contributed by atoms with Gasteiger partial charge in [0.25, 0.3) is 0 Å². The molecule has 1 aromatic carbocycles. The normalized spacial score (nSPS) is 11.0. The molecule has 0 saturated heterocycles. The molecule has 0 saturated carbocycles. The molecule has 4 nitrogen and oxygen atoms in total. The van der Waals surface area contributed by atoms with Gasteiger partial charge in [-0.1, -0.05) is 11.6 Å². The number of aliphatic carboxylic acids is 1. The van der Waals surface area contributed by atoms with Gasteiger partial charge in [-0.3, -0.25) is 0 Å². The van der Waals surface area contributed by atoms with Crippen molar-refractivity contribution in [1.82, 2.24) is 5.32 Å². The van der Waals surface area contributed by atoms with Crippen LogP contribution in [0, 0.1) is 0 Å². The summed E-state index contributed by atoms with van der Waals surface area (Å²) in [6.07, 6.45) is -0.846. The Balaban J connectivity index is 0.000000673. The first-order valence-corrected chi connectivity index (χ1v) is 5.12. The van der Waals surface area contributed by atoms with E-state index in [-0.39, 0.29) is 0 Å². The third-order valence-electron chi connectivity index (χ3n) is 1.47. The topological polar surface area (TPSA) is 58.6 Å². The second-order valence-corrected chi connectivity index (χ2v) is 3.49. The summed E-state index contributed by atoms with van der Waals surface area (Å²) in [7, 11) is 3.75. The van der Waals surface area contributed by atoms with E-state index in [2.05, 4.69) is 5.32 Å². The maximum atomic E-state index is 10.4. The molecule has 0 aliphatic rings. The SMILES string of the molecule is CC(Oc1ccc(Cl)cc1)C(=O)O.CNC. The van der Waals surface area contributed by atoms with Gasteiger partial charge in [-0.25, -0.2) is 4.79 Å². The zero-order valence-corrected chi connectivity index (χ0v) is 10.3. The second-order valence-electron chi connectivity index (χ2n) is 3.05. The fourth-order valence-corrected chi connectivity index (χ4v) is 0.894. The number of nitrogens with one attached hydrogen (secondary N) is 1. The van der Waals surface area contributed by atoms with E-state index < -0.39 is 12.1 Å². The number of halogens is 1. The van der Waals surface area contributed by atoms with E-state index in [4.69, 9.17) is 21.4 Å². The average molecular weight is 246 g/mol. The molecule has 16 heavy (non-hydrogen) atoms. The second kappa shape index (κ2) is 7.96. The van der Waals surface area contributed by atoms with Gasteiger partial charge >= 0.3 is 5.97 Å². The zero-order chi connectivity index (χ0) is 12.6. The number of ether oxygens (including phenoxy) is 1. The van der Waals surface area contributed by atoms with E-state index in [1.165, 1.54) is 6.92 Å². The number of hydrogen-bond acceptors (Lipinski definition) is 3. The third kappa shape index (κ3) is 6.27. The van der Waals surface area contributed by atoms with Crippen molar-refractivity contribution >= 4 is 17.6 Å². The van der Waals surface area contributed by atoms with Gasteiger partial charge in [0.1, 0.15) is 5.75 Å². The standard InChI is InChI=1S/C9H9ClO3.C2H7N/c1-6(9(11)12)13-8-4-2-7(10)3-5-8;1-3-2/h2-6H,1H3,(H,11,12);3H,1-2H3. The van der Waals surface area contributed by atoms with E-state index >= 15 is 0 Å². The molecule has 0 aromatic heterocycles. The number of benzene rings is 1. The van der Waals surface area contributed by atoms with E-state index in [0.29, 0.717) is 10.8 Å². The molecule has 0 bridgehead atoms. The summed E-state index contributed by atoms with van der Waals surface area (Å²) in [4.78, 5) is 10.4. The molecule has 0 spiro atoms. The summed E-state index contributed by atoms with van der Waals surface area (Å²) in [6, 6.07) is 6.54. The van der Waals surface area contributed by atoms with Gasteiger partial charge in [0.2, 0.25) is 0 Å². The smallest absolute Gasteiger partial charge is 0.344 e. The molecule has 1 atom stereocenters. The maximum absolute atomic E-state index is 10.4.